The molecular formula is C17H33N3O. The SMILES string of the molecule is CCC1NC(CC(C)C)C(=O)N1CC(C)CN1CCCC1. The van der Waals surface area contributed by atoms with Crippen molar-refractivity contribution in [1.82, 2.24) is 15.1 Å². The largest absolute Gasteiger partial charge is 0.325 e. The molecule has 2 rings (SSSR count). The predicted molar refractivity (Wildman–Crippen MR) is 87.0 cm³/mol. The topological polar surface area (TPSA) is 35.6 Å². The number of likely N-dealkylation sites (tertiary alicyclic amines) is 1. The molecule has 0 aromatic carbocycles. The van der Waals surface area contributed by atoms with Crippen molar-refractivity contribution in [2.75, 3.05) is 26.2 Å². The van der Waals surface area contributed by atoms with Crippen LogP contribution in [0.3, 0.4) is 0 Å². The molecule has 2 heterocycles. The van der Waals surface area contributed by atoms with Gasteiger partial charge in [0.25, 0.3) is 0 Å². The third kappa shape index (κ3) is 4.43. The molecule has 3 unspecified atom stereocenters. The lowest BCUT2D eigenvalue weighted by Crippen LogP contribution is -2.41. The van der Waals surface area contributed by atoms with Crippen LogP contribution in [0.5, 0.6) is 0 Å². The Hall–Kier alpha value is -0.610. The Morgan fingerprint density at radius 3 is 2.43 bits per heavy atom. The second-order valence-electron chi connectivity index (χ2n) is 7.38. The molecular weight excluding hydrogens is 262 g/mol. The van der Waals surface area contributed by atoms with Gasteiger partial charge in [-0.05, 0) is 50.6 Å². The Bertz CT molecular complexity index is 339. The molecule has 0 aromatic heterocycles. The summed E-state index contributed by atoms with van der Waals surface area (Å²) in [6.07, 6.45) is 4.86. The van der Waals surface area contributed by atoms with Crippen molar-refractivity contribution in [3.8, 4) is 0 Å². The first-order chi connectivity index (χ1) is 10.0. The van der Waals surface area contributed by atoms with Crippen LogP contribution in [0.15, 0.2) is 0 Å². The van der Waals surface area contributed by atoms with E-state index in [2.05, 4.69) is 42.8 Å². The quantitative estimate of drug-likeness (QED) is 0.783. The molecule has 4 nitrogen and oxygen atoms in total. The van der Waals surface area contributed by atoms with Gasteiger partial charge < -0.3 is 9.80 Å². The van der Waals surface area contributed by atoms with Gasteiger partial charge >= 0.3 is 0 Å². The first-order valence-corrected chi connectivity index (χ1v) is 8.80. The number of amides is 1. The summed E-state index contributed by atoms with van der Waals surface area (Å²) in [5.74, 6) is 1.44. The standard InChI is InChI=1S/C17H33N3O/c1-5-16-18-15(10-13(2)3)17(21)20(16)12-14(4)11-19-8-6-7-9-19/h13-16,18H,5-12H2,1-4H3. The Morgan fingerprint density at radius 1 is 1.19 bits per heavy atom. The minimum Gasteiger partial charge on any atom is -0.325 e. The van der Waals surface area contributed by atoms with E-state index in [-0.39, 0.29) is 12.2 Å². The second kappa shape index (κ2) is 7.59. The molecule has 2 saturated heterocycles. The second-order valence-corrected chi connectivity index (χ2v) is 7.38. The highest BCUT2D eigenvalue weighted by Gasteiger charge is 2.38. The highest BCUT2D eigenvalue weighted by atomic mass is 16.2. The average Bonchev–Trinajstić information content (AvgIpc) is 3.01. The van der Waals surface area contributed by atoms with E-state index in [0.29, 0.717) is 17.7 Å². The smallest absolute Gasteiger partial charge is 0.241 e. The molecule has 3 atom stereocenters. The summed E-state index contributed by atoms with van der Waals surface area (Å²) in [7, 11) is 0. The predicted octanol–water partition coefficient (Wildman–Crippen LogP) is 2.30. The van der Waals surface area contributed by atoms with E-state index < -0.39 is 0 Å². The van der Waals surface area contributed by atoms with Gasteiger partial charge in [-0.2, -0.15) is 0 Å². The van der Waals surface area contributed by atoms with Gasteiger partial charge in [-0.25, -0.2) is 0 Å². The number of hydrogen-bond acceptors (Lipinski definition) is 3. The number of carbonyl (C=O) groups is 1. The molecule has 0 radical (unpaired) electrons. The van der Waals surface area contributed by atoms with Crippen LogP contribution in [-0.2, 0) is 4.79 Å². The van der Waals surface area contributed by atoms with Gasteiger partial charge in [0, 0.05) is 13.1 Å². The van der Waals surface area contributed by atoms with Gasteiger partial charge in [-0.15, -0.1) is 0 Å². The van der Waals surface area contributed by atoms with Crippen LogP contribution in [0, 0.1) is 11.8 Å². The fraction of sp³-hybridized carbons (Fsp3) is 0.941. The Kier molecular flexibility index (Phi) is 6.06. The van der Waals surface area contributed by atoms with Crippen LogP contribution in [-0.4, -0.2) is 54.1 Å². The van der Waals surface area contributed by atoms with Crippen molar-refractivity contribution in [2.24, 2.45) is 11.8 Å². The number of nitrogens with one attached hydrogen (secondary N) is 1. The van der Waals surface area contributed by atoms with Crippen LogP contribution in [0.4, 0.5) is 0 Å². The third-order valence-corrected chi connectivity index (χ3v) is 4.72. The molecule has 4 heteroatoms. The first kappa shape index (κ1) is 16.8. The summed E-state index contributed by atoms with van der Waals surface area (Å²) in [4.78, 5) is 17.3. The Labute approximate surface area is 130 Å². The van der Waals surface area contributed by atoms with Crippen molar-refractivity contribution in [3.63, 3.8) is 0 Å². The number of hydrogen-bond donors (Lipinski definition) is 1. The third-order valence-electron chi connectivity index (χ3n) is 4.72. The van der Waals surface area contributed by atoms with Crippen LogP contribution in [0.25, 0.3) is 0 Å². The maximum absolute atomic E-state index is 12.6. The van der Waals surface area contributed by atoms with E-state index in [0.717, 1.165) is 25.9 Å². The molecule has 122 valence electrons. The molecule has 0 bridgehead atoms. The zero-order valence-corrected chi connectivity index (χ0v) is 14.3. The van der Waals surface area contributed by atoms with Gasteiger partial charge in [0.1, 0.15) is 0 Å². The fourth-order valence-corrected chi connectivity index (χ4v) is 3.74. The molecule has 0 saturated carbocycles. The van der Waals surface area contributed by atoms with Crippen molar-refractivity contribution in [2.45, 2.75) is 65.6 Å². The van der Waals surface area contributed by atoms with E-state index in [1.165, 1.54) is 25.9 Å². The van der Waals surface area contributed by atoms with Crippen LogP contribution in [0.2, 0.25) is 0 Å². The van der Waals surface area contributed by atoms with Gasteiger partial charge in [0.05, 0.1) is 12.2 Å². The summed E-state index contributed by atoms with van der Waals surface area (Å²) in [6.45, 7) is 13.3. The summed E-state index contributed by atoms with van der Waals surface area (Å²) >= 11 is 0. The highest BCUT2D eigenvalue weighted by molar-refractivity contribution is 5.84. The maximum atomic E-state index is 12.6. The summed E-state index contributed by atoms with van der Waals surface area (Å²) in [5, 5.41) is 3.53. The maximum Gasteiger partial charge on any atom is 0.241 e. The summed E-state index contributed by atoms with van der Waals surface area (Å²) < 4.78 is 0. The Balaban J connectivity index is 1.88. The fourth-order valence-electron chi connectivity index (χ4n) is 3.74. The van der Waals surface area contributed by atoms with E-state index in [1.807, 2.05) is 0 Å². The minimum absolute atomic E-state index is 0.0361. The lowest BCUT2D eigenvalue weighted by atomic mass is 10.0. The van der Waals surface area contributed by atoms with Crippen molar-refractivity contribution in [1.29, 1.82) is 0 Å². The molecule has 2 aliphatic rings. The van der Waals surface area contributed by atoms with E-state index in [1.54, 1.807) is 0 Å². The zero-order valence-electron chi connectivity index (χ0n) is 14.3. The molecule has 2 aliphatic heterocycles. The van der Waals surface area contributed by atoms with Crippen LogP contribution in [0.1, 0.15) is 53.4 Å². The zero-order chi connectivity index (χ0) is 15.4. The normalized spacial score (nSPS) is 28.8. The molecule has 1 amide bonds. The van der Waals surface area contributed by atoms with Crippen molar-refractivity contribution in [3.05, 3.63) is 0 Å². The number of rotatable bonds is 7. The monoisotopic (exact) mass is 295 g/mol. The lowest BCUT2D eigenvalue weighted by molar-refractivity contribution is -0.131. The number of nitrogens with zero attached hydrogens (tertiary/aromatic N) is 2. The molecule has 1 N–H and O–H groups in total. The highest BCUT2D eigenvalue weighted by Crippen LogP contribution is 2.21. The average molecular weight is 295 g/mol. The van der Waals surface area contributed by atoms with E-state index in [9.17, 15) is 4.79 Å². The first-order valence-electron chi connectivity index (χ1n) is 8.80. The van der Waals surface area contributed by atoms with E-state index >= 15 is 0 Å². The summed E-state index contributed by atoms with van der Waals surface area (Å²) in [5.41, 5.74) is 0. The van der Waals surface area contributed by atoms with Gasteiger partial charge in [0.15, 0.2) is 0 Å². The lowest BCUT2D eigenvalue weighted by Gasteiger charge is -2.28. The van der Waals surface area contributed by atoms with Gasteiger partial charge in [-0.1, -0.05) is 27.7 Å². The minimum atomic E-state index is 0.0361. The Morgan fingerprint density at radius 2 is 1.86 bits per heavy atom. The molecule has 0 spiro atoms. The van der Waals surface area contributed by atoms with E-state index in [4.69, 9.17) is 0 Å². The van der Waals surface area contributed by atoms with Crippen LogP contribution < -0.4 is 5.32 Å². The van der Waals surface area contributed by atoms with Gasteiger partial charge in [-0.3, -0.25) is 10.1 Å². The van der Waals surface area contributed by atoms with Crippen LogP contribution >= 0.6 is 0 Å². The van der Waals surface area contributed by atoms with Crippen molar-refractivity contribution < 1.29 is 4.79 Å². The summed E-state index contributed by atoms with van der Waals surface area (Å²) in [6, 6.07) is 0.0361. The number of carbonyl (C=O) groups excluding carboxylic acids is 1. The molecule has 0 aliphatic carbocycles. The van der Waals surface area contributed by atoms with Gasteiger partial charge in [0.2, 0.25) is 5.91 Å². The van der Waals surface area contributed by atoms with Crippen molar-refractivity contribution >= 4 is 5.91 Å². The molecule has 21 heavy (non-hydrogen) atoms. The molecule has 2 fully saturated rings. The molecule has 0 aromatic rings.